The van der Waals surface area contributed by atoms with Crippen LogP contribution in [-0.4, -0.2) is 15.0 Å². The summed E-state index contributed by atoms with van der Waals surface area (Å²) in [6.45, 7) is 0. The largest absolute Gasteiger partial charge is 0.208 e. The van der Waals surface area contributed by atoms with Gasteiger partial charge in [0.15, 0.2) is 17.5 Å². The lowest BCUT2D eigenvalue weighted by Crippen LogP contribution is -2.01. The highest BCUT2D eigenvalue weighted by atomic mass is 15.0. The quantitative estimate of drug-likeness (QED) is 0.167. The second kappa shape index (κ2) is 13.1. The molecule has 56 heavy (non-hydrogen) atoms. The minimum Gasteiger partial charge on any atom is -0.208 e. The van der Waals surface area contributed by atoms with Crippen LogP contribution in [0.1, 0.15) is 0 Å². The summed E-state index contributed by atoms with van der Waals surface area (Å²) in [7, 11) is 0. The molecule has 11 aromatic rings. The molecule has 0 aliphatic heterocycles. The van der Waals surface area contributed by atoms with E-state index in [4.69, 9.17) is 15.0 Å². The third-order valence-corrected chi connectivity index (χ3v) is 11.1. The number of aromatic nitrogens is 3. The van der Waals surface area contributed by atoms with Gasteiger partial charge in [0.05, 0.1) is 0 Å². The maximum Gasteiger partial charge on any atom is 0.164 e. The first-order chi connectivity index (χ1) is 27.8. The topological polar surface area (TPSA) is 38.7 Å². The highest BCUT2D eigenvalue weighted by Gasteiger charge is 2.21. The van der Waals surface area contributed by atoms with E-state index in [9.17, 15) is 0 Å². The molecule has 0 atom stereocenters. The zero-order chi connectivity index (χ0) is 37.0. The van der Waals surface area contributed by atoms with Crippen LogP contribution in [0.25, 0.3) is 110 Å². The first-order valence-electron chi connectivity index (χ1n) is 19.0. The van der Waals surface area contributed by atoms with Gasteiger partial charge in [-0.3, -0.25) is 0 Å². The first-order valence-corrected chi connectivity index (χ1v) is 19.0. The Morgan fingerprint density at radius 2 is 0.643 bits per heavy atom. The molecule has 0 fully saturated rings. The van der Waals surface area contributed by atoms with Crippen molar-refractivity contribution in [2.45, 2.75) is 0 Å². The van der Waals surface area contributed by atoms with E-state index in [0.717, 1.165) is 32.8 Å². The molecule has 11 rings (SSSR count). The molecule has 3 nitrogen and oxygen atoms in total. The van der Waals surface area contributed by atoms with Crippen LogP contribution in [0.2, 0.25) is 0 Å². The van der Waals surface area contributed by atoms with E-state index in [0.29, 0.717) is 17.5 Å². The van der Waals surface area contributed by atoms with Crippen molar-refractivity contribution in [3.63, 3.8) is 0 Å². The summed E-state index contributed by atoms with van der Waals surface area (Å²) in [5, 5.41) is 11.9. The number of rotatable bonds is 5. The van der Waals surface area contributed by atoms with E-state index in [2.05, 4.69) is 182 Å². The lowest BCUT2D eigenvalue weighted by atomic mass is 9.84. The molecule has 0 unspecified atom stereocenters. The van der Waals surface area contributed by atoms with Gasteiger partial charge >= 0.3 is 0 Å². The molecule has 0 saturated carbocycles. The molecular formula is C53H33N3. The van der Waals surface area contributed by atoms with Gasteiger partial charge in [-0.15, -0.1) is 0 Å². The maximum atomic E-state index is 5.20. The van der Waals surface area contributed by atoms with E-state index in [-0.39, 0.29) is 0 Å². The SMILES string of the molecule is c1ccc(-c2nc(-c3ccc4ccccc4c3)nc(-c3ccc(-c4c5ccccc5c(-c5ccc6ccccc6c5)c5ccccc45)c4ccccc34)n2)cc1. The van der Waals surface area contributed by atoms with Crippen LogP contribution < -0.4 is 0 Å². The number of benzene rings is 10. The normalized spacial score (nSPS) is 11.6. The fourth-order valence-electron chi connectivity index (χ4n) is 8.46. The van der Waals surface area contributed by atoms with Crippen LogP contribution in [0, 0.1) is 0 Å². The Hall–Kier alpha value is -7.49. The molecule has 0 aliphatic carbocycles. The summed E-state index contributed by atoms with van der Waals surface area (Å²) in [5.74, 6) is 1.94. The average Bonchev–Trinajstić information content (AvgIpc) is 3.27. The van der Waals surface area contributed by atoms with E-state index in [1.54, 1.807) is 0 Å². The smallest absolute Gasteiger partial charge is 0.164 e. The van der Waals surface area contributed by atoms with Crippen LogP contribution in [0.4, 0.5) is 0 Å². The van der Waals surface area contributed by atoms with Crippen LogP contribution in [0.5, 0.6) is 0 Å². The van der Waals surface area contributed by atoms with Crippen molar-refractivity contribution in [1.29, 1.82) is 0 Å². The fourth-order valence-corrected chi connectivity index (χ4v) is 8.46. The Balaban J connectivity index is 1.15. The molecule has 0 saturated heterocycles. The van der Waals surface area contributed by atoms with Gasteiger partial charge in [-0.25, -0.2) is 15.0 Å². The van der Waals surface area contributed by atoms with Crippen molar-refractivity contribution in [3.8, 4) is 56.4 Å². The van der Waals surface area contributed by atoms with Crippen molar-refractivity contribution in [1.82, 2.24) is 15.0 Å². The molecule has 3 heteroatoms. The second-order valence-corrected chi connectivity index (χ2v) is 14.3. The van der Waals surface area contributed by atoms with Gasteiger partial charge in [-0.05, 0) is 94.3 Å². The number of nitrogens with zero attached hydrogens (tertiary/aromatic N) is 3. The van der Waals surface area contributed by atoms with E-state index >= 15 is 0 Å². The summed E-state index contributed by atoms with van der Waals surface area (Å²) >= 11 is 0. The molecule has 10 aromatic carbocycles. The number of hydrogen-bond donors (Lipinski definition) is 0. The minimum absolute atomic E-state index is 0.645. The standard InChI is InChI=1S/C53H33N3/c1-2-16-36(17-3-1)51-54-52(40-29-27-35-15-5-7-19-38(35)33-40)56-53(55-51)48-31-30-47(41-20-8-9-21-42(41)48)50-45-24-12-10-22-43(45)49(44-23-11-13-25-46(44)50)39-28-26-34-14-4-6-18-37(34)32-39/h1-33H. The molecular weight excluding hydrogens is 679 g/mol. The van der Waals surface area contributed by atoms with E-state index < -0.39 is 0 Å². The van der Waals surface area contributed by atoms with Crippen LogP contribution in [-0.2, 0) is 0 Å². The van der Waals surface area contributed by atoms with Gasteiger partial charge in [0.1, 0.15) is 0 Å². The first kappa shape index (κ1) is 32.0. The molecule has 0 N–H and O–H groups in total. The number of fused-ring (bicyclic) bond motifs is 5. The minimum atomic E-state index is 0.645. The monoisotopic (exact) mass is 711 g/mol. The van der Waals surface area contributed by atoms with Gasteiger partial charge in [0, 0.05) is 16.7 Å². The molecule has 0 spiro atoms. The van der Waals surface area contributed by atoms with Crippen molar-refractivity contribution in [2.75, 3.05) is 0 Å². The second-order valence-electron chi connectivity index (χ2n) is 14.3. The van der Waals surface area contributed by atoms with Gasteiger partial charge < -0.3 is 0 Å². The van der Waals surface area contributed by atoms with Crippen molar-refractivity contribution in [3.05, 3.63) is 200 Å². The Bertz CT molecular complexity index is 3260. The predicted molar refractivity (Wildman–Crippen MR) is 235 cm³/mol. The number of hydrogen-bond acceptors (Lipinski definition) is 3. The van der Waals surface area contributed by atoms with Crippen molar-refractivity contribution < 1.29 is 0 Å². The molecule has 1 aromatic heterocycles. The molecule has 0 aliphatic rings. The zero-order valence-electron chi connectivity index (χ0n) is 30.4. The molecule has 0 radical (unpaired) electrons. The van der Waals surface area contributed by atoms with Gasteiger partial charge in [0.2, 0.25) is 0 Å². The Labute approximate surface area is 324 Å². The Morgan fingerprint density at radius 1 is 0.232 bits per heavy atom. The summed E-state index contributed by atoms with van der Waals surface area (Å²) in [6, 6.07) is 71.3. The van der Waals surface area contributed by atoms with Gasteiger partial charge in [0.25, 0.3) is 0 Å². The van der Waals surface area contributed by atoms with E-state index in [1.807, 2.05) is 18.2 Å². The summed E-state index contributed by atoms with van der Waals surface area (Å²) in [5.41, 5.74) is 7.74. The van der Waals surface area contributed by atoms with Crippen LogP contribution >= 0.6 is 0 Å². The predicted octanol–water partition coefficient (Wildman–Crippen LogP) is 14.0. The zero-order valence-corrected chi connectivity index (χ0v) is 30.4. The van der Waals surface area contributed by atoms with Crippen LogP contribution in [0.15, 0.2) is 200 Å². The Morgan fingerprint density at radius 3 is 1.25 bits per heavy atom. The van der Waals surface area contributed by atoms with Crippen molar-refractivity contribution >= 4 is 53.9 Å². The summed E-state index contributed by atoms with van der Waals surface area (Å²) < 4.78 is 0. The molecule has 0 bridgehead atoms. The molecule has 260 valence electrons. The highest BCUT2D eigenvalue weighted by molar-refractivity contribution is 6.24. The fraction of sp³-hybridized carbons (Fsp3) is 0. The molecule has 1 heterocycles. The van der Waals surface area contributed by atoms with Gasteiger partial charge in [-0.2, -0.15) is 0 Å². The highest BCUT2D eigenvalue weighted by Crippen LogP contribution is 2.46. The summed E-state index contributed by atoms with van der Waals surface area (Å²) in [6.07, 6.45) is 0. The molecule has 0 amide bonds. The Kier molecular flexibility index (Phi) is 7.49. The third kappa shape index (κ3) is 5.32. The van der Waals surface area contributed by atoms with Crippen molar-refractivity contribution in [2.24, 2.45) is 0 Å². The maximum absolute atomic E-state index is 5.20. The third-order valence-electron chi connectivity index (χ3n) is 11.1. The lowest BCUT2D eigenvalue weighted by molar-refractivity contribution is 1.08. The average molecular weight is 712 g/mol. The van der Waals surface area contributed by atoms with E-state index in [1.165, 1.54) is 60.0 Å². The van der Waals surface area contributed by atoms with Gasteiger partial charge in [-0.1, -0.05) is 182 Å². The van der Waals surface area contributed by atoms with Crippen LogP contribution in [0.3, 0.4) is 0 Å². The lowest BCUT2D eigenvalue weighted by Gasteiger charge is -2.20. The summed E-state index contributed by atoms with van der Waals surface area (Å²) in [4.78, 5) is 15.4.